The molecule has 2 rings (SSSR count). The Morgan fingerprint density at radius 2 is 2.20 bits per heavy atom. The van der Waals surface area contributed by atoms with Crippen LogP contribution in [0.25, 0.3) is 0 Å². The Bertz CT molecular complexity index is 470. The van der Waals surface area contributed by atoms with Crippen molar-refractivity contribution in [3.05, 3.63) is 23.8 Å². The maximum absolute atomic E-state index is 12.1. The molecule has 110 valence electrons. The second-order valence-corrected chi connectivity index (χ2v) is 4.99. The van der Waals surface area contributed by atoms with Crippen LogP contribution in [0.3, 0.4) is 0 Å². The number of hydrogen-bond acceptors (Lipinski definition) is 4. The van der Waals surface area contributed by atoms with E-state index in [1.54, 1.807) is 14.2 Å². The molecule has 0 aromatic heterocycles. The first-order valence-corrected chi connectivity index (χ1v) is 6.91. The molecule has 2 N–H and O–H groups in total. The molecule has 0 spiro atoms. The molecule has 20 heavy (non-hydrogen) atoms. The van der Waals surface area contributed by atoms with E-state index in [9.17, 15) is 4.79 Å². The molecule has 1 aromatic carbocycles. The minimum absolute atomic E-state index is 0.0415. The number of methoxy groups -OCH3 is 2. The van der Waals surface area contributed by atoms with E-state index in [2.05, 4.69) is 10.6 Å². The minimum atomic E-state index is -0.130. The Morgan fingerprint density at radius 3 is 2.80 bits per heavy atom. The molecule has 0 aliphatic carbocycles. The van der Waals surface area contributed by atoms with E-state index in [-0.39, 0.29) is 18.0 Å². The van der Waals surface area contributed by atoms with Crippen molar-refractivity contribution >= 4 is 5.91 Å². The summed E-state index contributed by atoms with van der Waals surface area (Å²) in [6.45, 7) is 2.86. The van der Waals surface area contributed by atoms with Gasteiger partial charge in [0.1, 0.15) is 11.5 Å². The van der Waals surface area contributed by atoms with Crippen LogP contribution in [0, 0.1) is 0 Å². The number of nitrogens with one attached hydrogen (secondary N) is 2. The molecule has 1 saturated heterocycles. The van der Waals surface area contributed by atoms with Gasteiger partial charge in [-0.05, 0) is 44.5 Å². The molecule has 1 fully saturated rings. The molecule has 5 heteroatoms. The van der Waals surface area contributed by atoms with E-state index in [4.69, 9.17) is 9.47 Å². The largest absolute Gasteiger partial charge is 0.497 e. The normalized spacial score (nSPS) is 19.4. The molecular formula is C15H22N2O3. The number of hydrogen-bond donors (Lipinski definition) is 2. The van der Waals surface area contributed by atoms with Gasteiger partial charge >= 0.3 is 0 Å². The van der Waals surface area contributed by atoms with Crippen molar-refractivity contribution in [3.8, 4) is 11.5 Å². The summed E-state index contributed by atoms with van der Waals surface area (Å²) in [6, 6.07) is 5.38. The van der Waals surface area contributed by atoms with E-state index in [0.717, 1.165) is 36.4 Å². The van der Waals surface area contributed by atoms with Gasteiger partial charge in [-0.1, -0.05) is 0 Å². The second-order valence-electron chi connectivity index (χ2n) is 4.99. The van der Waals surface area contributed by atoms with Crippen LogP contribution in [-0.2, 0) is 4.79 Å². The van der Waals surface area contributed by atoms with Gasteiger partial charge in [-0.2, -0.15) is 0 Å². The van der Waals surface area contributed by atoms with Crippen molar-refractivity contribution in [1.29, 1.82) is 0 Å². The number of amides is 1. The van der Waals surface area contributed by atoms with Gasteiger partial charge in [-0.15, -0.1) is 0 Å². The van der Waals surface area contributed by atoms with Crippen LogP contribution in [0.1, 0.15) is 31.4 Å². The Labute approximate surface area is 119 Å². The monoisotopic (exact) mass is 278 g/mol. The van der Waals surface area contributed by atoms with E-state index in [0.29, 0.717) is 0 Å². The average molecular weight is 278 g/mol. The molecule has 1 unspecified atom stereocenters. The van der Waals surface area contributed by atoms with Crippen LogP contribution < -0.4 is 20.1 Å². The van der Waals surface area contributed by atoms with Crippen LogP contribution in [-0.4, -0.2) is 32.7 Å². The van der Waals surface area contributed by atoms with Gasteiger partial charge in [0.15, 0.2) is 0 Å². The molecule has 0 bridgehead atoms. The smallest absolute Gasteiger partial charge is 0.237 e. The minimum Gasteiger partial charge on any atom is -0.497 e. The lowest BCUT2D eigenvalue weighted by atomic mass is 10.1. The van der Waals surface area contributed by atoms with E-state index in [1.165, 1.54) is 0 Å². The lowest BCUT2D eigenvalue weighted by molar-refractivity contribution is -0.123. The highest BCUT2D eigenvalue weighted by molar-refractivity contribution is 5.82. The Kier molecular flexibility index (Phi) is 4.84. The van der Waals surface area contributed by atoms with Crippen molar-refractivity contribution in [2.75, 3.05) is 20.8 Å². The van der Waals surface area contributed by atoms with Gasteiger partial charge in [-0.3, -0.25) is 4.79 Å². The van der Waals surface area contributed by atoms with E-state index in [1.807, 2.05) is 25.1 Å². The lowest BCUT2D eigenvalue weighted by Gasteiger charge is -2.20. The highest BCUT2D eigenvalue weighted by Crippen LogP contribution is 2.29. The van der Waals surface area contributed by atoms with Gasteiger partial charge in [0, 0.05) is 5.56 Å². The number of benzene rings is 1. The highest BCUT2D eigenvalue weighted by atomic mass is 16.5. The molecular weight excluding hydrogens is 256 g/mol. The third kappa shape index (κ3) is 3.22. The first-order valence-electron chi connectivity index (χ1n) is 6.91. The molecule has 1 aliphatic heterocycles. The molecule has 0 saturated carbocycles. The highest BCUT2D eigenvalue weighted by Gasteiger charge is 2.24. The predicted molar refractivity (Wildman–Crippen MR) is 77.1 cm³/mol. The van der Waals surface area contributed by atoms with Crippen molar-refractivity contribution in [2.24, 2.45) is 0 Å². The topological polar surface area (TPSA) is 59.6 Å². The summed E-state index contributed by atoms with van der Waals surface area (Å²) in [5.74, 6) is 1.54. The standard InChI is InChI=1S/C15H22N2O3/c1-10(17-15(18)13-5-4-8-16-13)12-9-11(19-2)6-7-14(12)20-3/h6-7,9-10,13,16H,4-5,8H2,1-3H3,(H,17,18)/t10?,13-/m0/s1. The third-order valence-corrected chi connectivity index (χ3v) is 3.64. The van der Waals surface area contributed by atoms with Gasteiger partial charge in [0.25, 0.3) is 0 Å². The molecule has 1 amide bonds. The van der Waals surface area contributed by atoms with Crippen LogP contribution >= 0.6 is 0 Å². The van der Waals surface area contributed by atoms with Crippen molar-refractivity contribution in [3.63, 3.8) is 0 Å². The Balaban J connectivity index is 2.10. The Morgan fingerprint density at radius 1 is 1.40 bits per heavy atom. The van der Waals surface area contributed by atoms with Gasteiger partial charge in [0.05, 0.1) is 26.3 Å². The molecule has 1 aliphatic rings. The SMILES string of the molecule is COc1ccc(OC)c(C(C)NC(=O)[C@@H]2CCCN2)c1. The predicted octanol–water partition coefficient (Wildman–Crippen LogP) is 1.63. The van der Waals surface area contributed by atoms with Gasteiger partial charge in [-0.25, -0.2) is 0 Å². The zero-order chi connectivity index (χ0) is 14.5. The summed E-state index contributed by atoms with van der Waals surface area (Å²) >= 11 is 0. The zero-order valence-corrected chi connectivity index (χ0v) is 12.2. The summed E-state index contributed by atoms with van der Waals surface area (Å²) in [7, 11) is 3.25. The van der Waals surface area contributed by atoms with Gasteiger partial charge < -0.3 is 20.1 Å². The first-order chi connectivity index (χ1) is 9.65. The maximum atomic E-state index is 12.1. The molecule has 2 atom stereocenters. The fourth-order valence-corrected chi connectivity index (χ4v) is 2.48. The summed E-state index contributed by atoms with van der Waals surface area (Å²) in [4.78, 5) is 12.1. The number of ether oxygens (including phenoxy) is 2. The third-order valence-electron chi connectivity index (χ3n) is 3.64. The first kappa shape index (κ1) is 14.7. The molecule has 1 aromatic rings. The van der Waals surface area contributed by atoms with Crippen LogP contribution in [0.4, 0.5) is 0 Å². The number of rotatable bonds is 5. The maximum Gasteiger partial charge on any atom is 0.237 e. The molecule has 5 nitrogen and oxygen atoms in total. The average Bonchev–Trinajstić information content (AvgIpc) is 3.00. The van der Waals surface area contributed by atoms with Crippen LogP contribution in [0.5, 0.6) is 11.5 Å². The van der Waals surface area contributed by atoms with Crippen LogP contribution in [0.15, 0.2) is 18.2 Å². The molecule has 0 radical (unpaired) electrons. The summed E-state index contributed by atoms with van der Waals surface area (Å²) in [6.07, 6.45) is 1.95. The quantitative estimate of drug-likeness (QED) is 0.859. The lowest BCUT2D eigenvalue weighted by Crippen LogP contribution is -2.41. The number of carbonyl (C=O) groups is 1. The fraction of sp³-hybridized carbons (Fsp3) is 0.533. The van der Waals surface area contributed by atoms with E-state index >= 15 is 0 Å². The summed E-state index contributed by atoms with van der Waals surface area (Å²) in [5, 5.41) is 6.22. The van der Waals surface area contributed by atoms with Gasteiger partial charge in [0.2, 0.25) is 5.91 Å². The van der Waals surface area contributed by atoms with Crippen LogP contribution in [0.2, 0.25) is 0 Å². The number of carbonyl (C=O) groups excluding carboxylic acids is 1. The zero-order valence-electron chi connectivity index (χ0n) is 12.2. The van der Waals surface area contributed by atoms with Crippen molar-refractivity contribution in [1.82, 2.24) is 10.6 Å². The summed E-state index contributed by atoms with van der Waals surface area (Å²) < 4.78 is 10.6. The molecule has 1 heterocycles. The van der Waals surface area contributed by atoms with Crippen molar-refractivity contribution < 1.29 is 14.3 Å². The Hall–Kier alpha value is -1.75. The van der Waals surface area contributed by atoms with E-state index < -0.39 is 0 Å². The summed E-state index contributed by atoms with van der Waals surface area (Å²) in [5.41, 5.74) is 0.915. The fourth-order valence-electron chi connectivity index (χ4n) is 2.48. The second kappa shape index (κ2) is 6.61. The van der Waals surface area contributed by atoms with Crippen molar-refractivity contribution in [2.45, 2.75) is 31.8 Å².